The van der Waals surface area contributed by atoms with Gasteiger partial charge in [0.05, 0.1) is 31.0 Å². The molecule has 0 radical (unpaired) electrons. The molecule has 0 spiro atoms. The van der Waals surface area contributed by atoms with Gasteiger partial charge in [0.25, 0.3) is 0 Å². The number of ether oxygens (including phenoxy) is 2. The van der Waals surface area contributed by atoms with Crippen LogP contribution in [0.25, 0.3) is 11.0 Å². The highest BCUT2D eigenvalue weighted by atomic mass is 32.2. The molecule has 0 aliphatic rings. The highest BCUT2D eigenvalue weighted by Crippen LogP contribution is 2.35. The zero-order valence-corrected chi connectivity index (χ0v) is 13.2. The summed E-state index contributed by atoms with van der Waals surface area (Å²) in [6, 6.07) is 3.83. The number of rotatable bonds is 6. The molecule has 1 heterocycles. The molecule has 0 saturated carbocycles. The Bertz CT molecular complexity index is 667. The van der Waals surface area contributed by atoms with Crippen LogP contribution < -0.4 is 9.47 Å². The van der Waals surface area contributed by atoms with Crippen molar-refractivity contribution in [1.29, 1.82) is 0 Å². The highest BCUT2D eigenvalue weighted by molar-refractivity contribution is 7.99. The standard InChI is InChI=1S/C14H18N2O4S/c1-8(2)16-10-6-12(20-4)11(19-3)5-9(10)15-14(16)21-7-13(17)18/h5-6,8H,7H2,1-4H3,(H,17,18). The average molecular weight is 310 g/mol. The van der Waals surface area contributed by atoms with Crippen LogP contribution in [0.2, 0.25) is 0 Å². The second kappa shape index (κ2) is 6.26. The minimum Gasteiger partial charge on any atom is -0.493 e. The maximum Gasteiger partial charge on any atom is 0.313 e. The van der Waals surface area contributed by atoms with Crippen molar-refractivity contribution in [1.82, 2.24) is 9.55 Å². The fourth-order valence-electron chi connectivity index (χ4n) is 2.13. The maximum atomic E-state index is 10.8. The molecular weight excluding hydrogens is 292 g/mol. The van der Waals surface area contributed by atoms with E-state index in [-0.39, 0.29) is 11.8 Å². The molecule has 0 aliphatic carbocycles. The third-order valence-electron chi connectivity index (χ3n) is 3.00. The lowest BCUT2D eigenvalue weighted by Crippen LogP contribution is -2.05. The summed E-state index contributed by atoms with van der Waals surface area (Å²) in [5, 5.41) is 9.52. The van der Waals surface area contributed by atoms with E-state index in [1.165, 1.54) is 11.8 Å². The third kappa shape index (κ3) is 3.07. The molecule has 1 N–H and O–H groups in total. The van der Waals surface area contributed by atoms with Gasteiger partial charge in [0, 0.05) is 18.2 Å². The molecule has 0 unspecified atom stereocenters. The predicted octanol–water partition coefficient (Wildman–Crippen LogP) is 2.81. The Hall–Kier alpha value is -1.89. The zero-order chi connectivity index (χ0) is 15.6. The lowest BCUT2D eigenvalue weighted by molar-refractivity contribution is -0.133. The van der Waals surface area contributed by atoms with Crippen LogP contribution in [0.15, 0.2) is 17.3 Å². The Morgan fingerprint density at radius 1 is 1.33 bits per heavy atom. The molecule has 114 valence electrons. The van der Waals surface area contributed by atoms with E-state index < -0.39 is 5.97 Å². The van der Waals surface area contributed by atoms with Gasteiger partial charge in [-0.1, -0.05) is 11.8 Å². The molecule has 6 nitrogen and oxygen atoms in total. The fraction of sp³-hybridized carbons (Fsp3) is 0.429. The summed E-state index contributed by atoms with van der Waals surface area (Å²) in [4.78, 5) is 15.3. The number of carbonyl (C=O) groups is 1. The summed E-state index contributed by atoms with van der Waals surface area (Å²) in [5.41, 5.74) is 1.66. The van der Waals surface area contributed by atoms with Gasteiger partial charge < -0.3 is 19.1 Å². The van der Waals surface area contributed by atoms with Crippen molar-refractivity contribution in [2.75, 3.05) is 20.0 Å². The van der Waals surface area contributed by atoms with Crippen molar-refractivity contribution in [3.8, 4) is 11.5 Å². The van der Waals surface area contributed by atoms with E-state index in [1.54, 1.807) is 20.3 Å². The van der Waals surface area contributed by atoms with Crippen LogP contribution in [-0.2, 0) is 4.79 Å². The van der Waals surface area contributed by atoms with Crippen molar-refractivity contribution in [2.24, 2.45) is 0 Å². The van der Waals surface area contributed by atoms with Gasteiger partial charge in [-0.15, -0.1) is 0 Å². The number of hydrogen-bond donors (Lipinski definition) is 1. The molecule has 0 aliphatic heterocycles. The lowest BCUT2D eigenvalue weighted by atomic mass is 10.2. The lowest BCUT2D eigenvalue weighted by Gasteiger charge is -2.13. The number of aromatic nitrogens is 2. The van der Waals surface area contributed by atoms with Crippen LogP contribution in [0.1, 0.15) is 19.9 Å². The number of imidazole rings is 1. The van der Waals surface area contributed by atoms with Gasteiger partial charge in [-0.2, -0.15) is 0 Å². The van der Waals surface area contributed by atoms with Gasteiger partial charge >= 0.3 is 5.97 Å². The van der Waals surface area contributed by atoms with E-state index >= 15 is 0 Å². The first-order valence-electron chi connectivity index (χ1n) is 6.46. The van der Waals surface area contributed by atoms with Crippen LogP contribution in [0.5, 0.6) is 11.5 Å². The molecule has 2 aromatic rings. The SMILES string of the molecule is COc1cc2nc(SCC(=O)O)n(C(C)C)c2cc1OC. The van der Waals surface area contributed by atoms with Gasteiger partial charge in [-0.3, -0.25) is 4.79 Å². The van der Waals surface area contributed by atoms with E-state index in [0.29, 0.717) is 16.7 Å². The second-order valence-electron chi connectivity index (χ2n) is 4.74. The molecule has 1 aromatic carbocycles. The molecule has 0 fully saturated rings. The Kier molecular flexibility index (Phi) is 4.62. The molecule has 0 amide bonds. The second-order valence-corrected chi connectivity index (χ2v) is 5.68. The summed E-state index contributed by atoms with van der Waals surface area (Å²) < 4.78 is 12.6. The minimum atomic E-state index is -0.863. The summed E-state index contributed by atoms with van der Waals surface area (Å²) in [7, 11) is 3.16. The Balaban J connectivity index is 2.59. The molecule has 21 heavy (non-hydrogen) atoms. The van der Waals surface area contributed by atoms with Crippen molar-refractivity contribution < 1.29 is 19.4 Å². The van der Waals surface area contributed by atoms with Gasteiger partial charge in [-0.25, -0.2) is 4.98 Å². The number of nitrogens with zero attached hydrogens (tertiary/aromatic N) is 2. The minimum absolute atomic E-state index is 0.0235. The highest BCUT2D eigenvalue weighted by Gasteiger charge is 2.18. The average Bonchev–Trinajstić information content (AvgIpc) is 2.80. The fourth-order valence-corrected chi connectivity index (χ4v) is 2.99. The van der Waals surface area contributed by atoms with Crippen LogP contribution in [-0.4, -0.2) is 40.6 Å². The molecule has 0 saturated heterocycles. The van der Waals surface area contributed by atoms with E-state index in [1.807, 2.05) is 24.5 Å². The number of hydrogen-bond acceptors (Lipinski definition) is 5. The van der Waals surface area contributed by atoms with Crippen molar-refractivity contribution in [3.63, 3.8) is 0 Å². The number of methoxy groups -OCH3 is 2. The molecule has 7 heteroatoms. The predicted molar refractivity (Wildman–Crippen MR) is 81.6 cm³/mol. The number of carboxylic acids is 1. The largest absolute Gasteiger partial charge is 0.493 e. The van der Waals surface area contributed by atoms with Crippen LogP contribution in [0, 0.1) is 0 Å². The van der Waals surface area contributed by atoms with Crippen molar-refractivity contribution in [3.05, 3.63) is 12.1 Å². The van der Waals surface area contributed by atoms with Crippen LogP contribution in [0.4, 0.5) is 0 Å². The number of thioether (sulfide) groups is 1. The van der Waals surface area contributed by atoms with E-state index in [4.69, 9.17) is 14.6 Å². The Morgan fingerprint density at radius 3 is 2.48 bits per heavy atom. The third-order valence-corrected chi connectivity index (χ3v) is 3.94. The summed E-state index contributed by atoms with van der Waals surface area (Å²) in [6.07, 6.45) is 0. The normalized spacial score (nSPS) is 11.1. The summed E-state index contributed by atoms with van der Waals surface area (Å²) in [6.45, 7) is 4.06. The Morgan fingerprint density at radius 2 is 1.95 bits per heavy atom. The van der Waals surface area contributed by atoms with Crippen LogP contribution >= 0.6 is 11.8 Å². The smallest absolute Gasteiger partial charge is 0.313 e. The molecule has 0 atom stereocenters. The first-order valence-corrected chi connectivity index (χ1v) is 7.45. The van der Waals surface area contributed by atoms with E-state index in [9.17, 15) is 4.79 Å². The molecular formula is C14H18N2O4S. The van der Waals surface area contributed by atoms with Crippen LogP contribution in [0.3, 0.4) is 0 Å². The summed E-state index contributed by atoms with van der Waals surface area (Å²) >= 11 is 1.21. The summed E-state index contributed by atoms with van der Waals surface area (Å²) in [5.74, 6) is 0.344. The van der Waals surface area contributed by atoms with Gasteiger partial charge in [0.2, 0.25) is 0 Å². The molecule has 0 bridgehead atoms. The van der Waals surface area contributed by atoms with E-state index in [0.717, 1.165) is 11.0 Å². The first kappa shape index (κ1) is 15.5. The monoisotopic (exact) mass is 310 g/mol. The topological polar surface area (TPSA) is 73.6 Å². The number of benzene rings is 1. The zero-order valence-electron chi connectivity index (χ0n) is 12.4. The molecule has 1 aromatic heterocycles. The van der Waals surface area contributed by atoms with Gasteiger partial charge in [-0.05, 0) is 13.8 Å². The van der Waals surface area contributed by atoms with Crippen molar-refractivity contribution in [2.45, 2.75) is 25.0 Å². The quantitative estimate of drug-likeness (QED) is 0.827. The van der Waals surface area contributed by atoms with E-state index in [2.05, 4.69) is 4.98 Å². The van der Waals surface area contributed by atoms with Gasteiger partial charge in [0.15, 0.2) is 16.7 Å². The number of fused-ring (bicyclic) bond motifs is 1. The maximum absolute atomic E-state index is 10.8. The molecule has 2 rings (SSSR count). The van der Waals surface area contributed by atoms with Gasteiger partial charge in [0.1, 0.15) is 0 Å². The Labute approximate surface area is 127 Å². The number of aliphatic carboxylic acids is 1. The first-order chi connectivity index (χ1) is 9.97. The number of carboxylic acid groups (broad SMARTS) is 1. The van der Waals surface area contributed by atoms with Crippen molar-refractivity contribution >= 4 is 28.8 Å².